The van der Waals surface area contributed by atoms with E-state index in [4.69, 9.17) is 9.47 Å². The number of ether oxygens (including phenoxy) is 2. The molecule has 0 radical (unpaired) electrons. The summed E-state index contributed by atoms with van der Waals surface area (Å²) in [5.74, 6) is 0.540. The van der Waals surface area contributed by atoms with Gasteiger partial charge in [0.05, 0.1) is 13.7 Å². The third kappa shape index (κ3) is 4.69. The van der Waals surface area contributed by atoms with Crippen LogP contribution in [0.5, 0.6) is 11.5 Å². The van der Waals surface area contributed by atoms with Gasteiger partial charge in [0.1, 0.15) is 6.61 Å². The molecule has 4 rings (SSSR count). The van der Waals surface area contributed by atoms with Crippen molar-refractivity contribution in [3.05, 3.63) is 89.5 Å². The molecule has 0 atom stereocenters. The Bertz CT molecular complexity index is 1080. The van der Waals surface area contributed by atoms with Gasteiger partial charge in [-0.2, -0.15) is 0 Å². The number of rotatable bonds is 7. The van der Waals surface area contributed by atoms with Crippen molar-refractivity contribution in [2.45, 2.75) is 13.0 Å². The summed E-state index contributed by atoms with van der Waals surface area (Å²) in [6.45, 7) is 0.964. The average Bonchev–Trinajstić information content (AvgIpc) is 3.26. The van der Waals surface area contributed by atoms with Gasteiger partial charge in [0, 0.05) is 17.8 Å². The molecular weight excluding hydrogens is 392 g/mol. The van der Waals surface area contributed by atoms with Gasteiger partial charge in [-0.1, -0.05) is 48.5 Å². The van der Waals surface area contributed by atoms with E-state index >= 15 is 0 Å². The van der Waals surface area contributed by atoms with Gasteiger partial charge in [-0.25, -0.2) is 0 Å². The average molecular weight is 416 g/mol. The van der Waals surface area contributed by atoms with Crippen molar-refractivity contribution in [3.8, 4) is 11.5 Å². The number of hydrogen-bond donors (Lipinski definition) is 1. The van der Waals surface area contributed by atoms with Crippen LogP contribution in [0.4, 0.5) is 5.69 Å². The molecule has 6 heteroatoms. The first-order valence-corrected chi connectivity index (χ1v) is 10.2. The van der Waals surface area contributed by atoms with Crippen LogP contribution in [0.1, 0.15) is 21.5 Å². The van der Waals surface area contributed by atoms with Crippen LogP contribution in [0.25, 0.3) is 0 Å². The Morgan fingerprint density at radius 3 is 2.55 bits per heavy atom. The Hall–Kier alpha value is -3.80. The van der Waals surface area contributed by atoms with Gasteiger partial charge < -0.3 is 19.7 Å². The van der Waals surface area contributed by atoms with E-state index in [9.17, 15) is 9.59 Å². The van der Waals surface area contributed by atoms with E-state index in [-0.39, 0.29) is 18.4 Å². The Kier molecular flexibility index (Phi) is 6.17. The van der Waals surface area contributed by atoms with E-state index in [0.29, 0.717) is 30.2 Å². The van der Waals surface area contributed by atoms with E-state index < -0.39 is 0 Å². The lowest BCUT2D eigenvalue weighted by Crippen LogP contribution is -2.39. The number of fused-ring (bicyclic) bond motifs is 1. The molecule has 6 nitrogen and oxygen atoms in total. The van der Waals surface area contributed by atoms with Gasteiger partial charge in [-0.15, -0.1) is 0 Å². The SMILES string of the molecule is COc1cc(C(=O)NCC(=O)N2CCc3ccccc32)ccc1OCc1ccccc1. The van der Waals surface area contributed by atoms with Gasteiger partial charge in [0.15, 0.2) is 11.5 Å². The zero-order valence-electron chi connectivity index (χ0n) is 17.3. The first-order chi connectivity index (χ1) is 15.2. The van der Waals surface area contributed by atoms with Gasteiger partial charge >= 0.3 is 0 Å². The van der Waals surface area contributed by atoms with E-state index in [1.165, 1.54) is 7.11 Å². The fraction of sp³-hybridized carbons (Fsp3) is 0.200. The van der Waals surface area contributed by atoms with Crippen molar-refractivity contribution < 1.29 is 19.1 Å². The Balaban J connectivity index is 1.36. The molecule has 3 aromatic carbocycles. The fourth-order valence-electron chi connectivity index (χ4n) is 3.61. The maximum Gasteiger partial charge on any atom is 0.251 e. The van der Waals surface area contributed by atoms with Crippen LogP contribution < -0.4 is 19.7 Å². The zero-order chi connectivity index (χ0) is 21.6. The number of para-hydroxylation sites is 1. The maximum absolute atomic E-state index is 12.6. The molecule has 158 valence electrons. The molecule has 0 saturated carbocycles. The van der Waals surface area contributed by atoms with Gasteiger partial charge in [0.2, 0.25) is 5.91 Å². The van der Waals surface area contributed by atoms with E-state index in [2.05, 4.69) is 5.32 Å². The van der Waals surface area contributed by atoms with Crippen LogP contribution in [0.3, 0.4) is 0 Å². The molecule has 0 aromatic heterocycles. The molecule has 0 unspecified atom stereocenters. The minimum absolute atomic E-state index is 0.0677. The maximum atomic E-state index is 12.6. The van der Waals surface area contributed by atoms with Crippen molar-refractivity contribution >= 4 is 17.5 Å². The smallest absolute Gasteiger partial charge is 0.251 e. The van der Waals surface area contributed by atoms with Crippen molar-refractivity contribution in [2.75, 3.05) is 25.1 Å². The summed E-state index contributed by atoms with van der Waals surface area (Å²) in [4.78, 5) is 26.9. The van der Waals surface area contributed by atoms with Crippen LogP contribution >= 0.6 is 0 Å². The molecule has 0 spiro atoms. The number of methoxy groups -OCH3 is 1. The summed E-state index contributed by atoms with van der Waals surface area (Å²) in [7, 11) is 1.53. The largest absolute Gasteiger partial charge is 0.493 e. The molecule has 1 N–H and O–H groups in total. The van der Waals surface area contributed by atoms with Crippen molar-refractivity contribution in [1.82, 2.24) is 5.32 Å². The van der Waals surface area contributed by atoms with Crippen LogP contribution in [-0.2, 0) is 17.8 Å². The lowest BCUT2D eigenvalue weighted by molar-refractivity contribution is -0.117. The third-order valence-electron chi connectivity index (χ3n) is 5.25. The molecular formula is C25H24N2O4. The monoisotopic (exact) mass is 416 g/mol. The highest BCUT2D eigenvalue weighted by molar-refractivity contribution is 6.01. The Labute approximate surface area is 181 Å². The summed E-state index contributed by atoms with van der Waals surface area (Å²) < 4.78 is 11.2. The summed E-state index contributed by atoms with van der Waals surface area (Å²) in [6, 6.07) is 22.6. The molecule has 0 saturated heterocycles. The summed E-state index contributed by atoms with van der Waals surface area (Å²) >= 11 is 0. The molecule has 0 aliphatic carbocycles. The second-order valence-electron chi connectivity index (χ2n) is 7.25. The zero-order valence-corrected chi connectivity index (χ0v) is 17.3. The minimum Gasteiger partial charge on any atom is -0.493 e. The second kappa shape index (κ2) is 9.34. The van der Waals surface area contributed by atoms with Crippen LogP contribution in [0.15, 0.2) is 72.8 Å². The number of nitrogens with one attached hydrogen (secondary N) is 1. The molecule has 2 amide bonds. The number of nitrogens with zero attached hydrogens (tertiary/aromatic N) is 1. The molecule has 1 heterocycles. The molecule has 31 heavy (non-hydrogen) atoms. The van der Waals surface area contributed by atoms with E-state index in [1.807, 2.05) is 54.6 Å². The molecule has 0 fully saturated rings. The summed E-state index contributed by atoms with van der Waals surface area (Å²) in [5, 5.41) is 2.71. The number of anilines is 1. The Morgan fingerprint density at radius 1 is 0.968 bits per heavy atom. The molecule has 3 aromatic rings. The van der Waals surface area contributed by atoms with Gasteiger partial charge in [-0.05, 0) is 41.8 Å². The number of hydrogen-bond acceptors (Lipinski definition) is 4. The summed E-state index contributed by atoms with van der Waals surface area (Å²) in [6.07, 6.45) is 0.831. The first-order valence-electron chi connectivity index (χ1n) is 10.2. The van der Waals surface area contributed by atoms with Crippen molar-refractivity contribution in [2.24, 2.45) is 0 Å². The number of carbonyl (C=O) groups is 2. The standard InChI is InChI=1S/C25H24N2O4/c1-30-23-15-20(11-12-22(23)31-17-18-7-3-2-4-8-18)25(29)26-16-24(28)27-14-13-19-9-5-6-10-21(19)27/h2-12,15H,13-14,16-17H2,1H3,(H,26,29). The van der Waals surface area contributed by atoms with Gasteiger partial charge in [0.25, 0.3) is 5.91 Å². The minimum atomic E-state index is -0.339. The lowest BCUT2D eigenvalue weighted by atomic mass is 10.2. The van der Waals surface area contributed by atoms with Gasteiger partial charge in [-0.3, -0.25) is 9.59 Å². The van der Waals surface area contributed by atoms with E-state index in [1.54, 1.807) is 23.1 Å². The highest BCUT2D eigenvalue weighted by atomic mass is 16.5. The highest BCUT2D eigenvalue weighted by Gasteiger charge is 2.24. The fourth-order valence-corrected chi connectivity index (χ4v) is 3.61. The first kappa shape index (κ1) is 20.5. The predicted molar refractivity (Wildman–Crippen MR) is 119 cm³/mol. The van der Waals surface area contributed by atoms with Crippen LogP contribution in [-0.4, -0.2) is 32.0 Å². The molecule has 1 aliphatic heterocycles. The van der Waals surface area contributed by atoms with E-state index in [0.717, 1.165) is 23.2 Å². The normalized spacial score (nSPS) is 12.2. The second-order valence-corrected chi connectivity index (χ2v) is 7.25. The topological polar surface area (TPSA) is 67.9 Å². The predicted octanol–water partition coefficient (Wildman–Crippen LogP) is 3.59. The highest BCUT2D eigenvalue weighted by Crippen LogP contribution is 2.29. The van der Waals surface area contributed by atoms with Crippen LogP contribution in [0, 0.1) is 0 Å². The number of carbonyl (C=O) groups excluding carboxylic acids is 2. The quantitative estimate of drug-likeness (QED) is 0.639. The number of amides is 2. The third-order valence-corrected chi connectivity index (χ3v) is 5.25. The van der Waals surface area contributed by atoms with Crippen molar-refractivity contribution in [1.29, 1.82) is 0 Å². The lowest BCUT2D eigenvalue weighted by Gasteiger charge is -2.18. The molecule has 1 aliphatic rings. The van der Waals surface area contributed by atoms with Crippen molar-refractivity contribution in [3.63, 3.8) is 0 Å². The van der Waals surface area contributed by atoms with Crippen LogP contribution in [0.2, 0.25) is 0 Å². The molecule has 0 bridgehead atoms. The Morgan fingerprint density at radius 2 is 1.74 bits per heavy atom. The number of benzene rings is 3. The summed E-state index contributed by atoms with van der Waals surface area (Å²) in [5.41, 5.74) is 3.51.